The third-order valence-corrected chi connectivity index (χ3v) is 7.03. The van der Waals surface area contributed by atoms with Crippen LogP contribution in [0.5, 0.6) is 0 Å². The molecule has 9 heteroatoms. The van der Waals surface area contributed by atoms with Crippen molar-refractivity contribution >= 4 is 15.9 Å². The molecule has 0 saturated carbocycles. The molecule has 1 aromatic heterocycles. The summed E-state index contributed by atoms with van der Waals surface area (Å²) in [5.74, 6) is 0.417. The summed E-state index contributed by atoms with van der Waals surface area (Å²) in [6.45, 7) is 0.767. The fourth-order valence-electron chi connectivity index (χ4n) is 3.44. The molecule has 0 aliphatic carbocycles. The highest BCUT2D eigenvalue weighted by Crippen LogP contribution is 2.24. The minimum atomic E-state index is -3.52. The molecule has 0 bridgehead atoms. The van der Waals surface area contributed by atoms with Crippen LogP contribution in [0.15, 0.2) is 70.1 Å². The molecule has 1 saturated heterocycles. The Balaban J connectivity index is 1.29. The van der Waals surface area contributed by atoms with Crippen LogP contribution in [0.25, 0.3) is 11.4 Å². The van der Waals surface area contributed by atoms with Crippen LogP contribution >= 0.6 is 0 Å². The number of rotatable bonds is 6. The number of sulfonamides is 1. The van der Waals surface area contributed by atoms with Gasteiger partial charge in [0.25, 0.3) is 0 Å². The van der Waals surface area contributed by atoms with Gasteiger partial charge in [-0.2, -0.15) is 9.29 Å². The Morgan fingerprint density at radius 2 is 1.67 bits per heavy atom. The standard InChI is InChI=1S/C21H22N4O4S/c26-21(22-15-19-23-20(24-29-19)16-7-3-1-4-8-16)17-11-13-25(14-12-17)30(27,28)18-9-5-2-6-10-18/h1-10,17H,11-15H2,(H,22,26). The number of amides is 1. The molecule has 1 aliphatic heterocycles. The second-order valence-corrected chi connectivity index (χ2v) is 9.02. The molecule has 0 spiro atoms. The predicted molar refractivity (Wildman–Crippen MR) is 110 cm³/mol. The van der Waals surface area contributed by atoms with E-state index in [0.29, 0.717) is 37.6 Å². The van der Waals surface area contributed by atoms with Crippen molar-refractivity contribution in [2.75, 3.05) is 13.1 Å². The first kappa shape index (κ1) is 20.2. The van der Waals surface area contributed by atoms with Crippen molar-refractivity contribution in [2.24, 2.45) is 5.92 Å². The fraction of sp³-hybridized carbons (Fsp3) is 0.286. The van der Waals surface area contributed by atoms with E-state index in [9.17, 15) is 13.2 Å². The van der Waals surface area contributed by atoms with E-state index in [1.807, 2.05) is 30.3 Å². The van der Waals surface area contributed by atoms with Crippen molar-refractivity contribution < 1.29 is 17.7 Å². The molecule has 2 aromatic carbocycles. The van der Waals surface area contributed by atoms with E-state index < -0.39 is 10.0 Å². The van der Waals surface area contributed by atoms with Crippen molar-refractivity contribution in [3.8, 4) is 11.4 Å². The van der Waals surface area contributed by atoms with E-state index in [-0.39, 0.29) is 23.3 Å². The van der Waals surface area contributed by atoms with Gasteiger partial charge in [-0.25, -0.2) is 8.42 Å². The van der Waals surface area contributed by atoms with Gasteiger partial charge in [0.15, 0.2) is 0 Å². The third-order valence-electron chi connectivity index (χ3n) is 5.12. The van der Waals surface area contributed by atoms with Gasteiger partial charge < -0.3 is 9.84 Å². The largest absolute Gasteiger partial charge is 0.347 e. The first-order chi connectivity index (χ1) is 14.5. The average Bonchev–Trinajstić information content (AvgIpc) is 3.28. The molecule has 0 radical (unpaired) electrons. The molecule has 3 aromatic rings. The number of carbonyl (C=O) groups excluding carboxylic acids is 1. The summed E-state index contributed by atoms with van der Waals surface area (Å²) < 4.78 is 32.0. The lowest BCUT2D eigenvalue weighted by molar-refractivity contribution is -0.126. The van der Waals surface area contributed by atoms with Gasteiger partial charge in [0.2, 0.25) is 27.6 Å². The minimum absolute atomic E-state index is 0.133. The van der Waals surface area contributed by atoms with Crippen molar-refractivity contribution in [3.05, 3.63) is 66.6 Å². The third kappa shape index (κ3) is 4.42. The van der Waals surface area contributed by atoms with Crippen LogP contribution in [0.4, 0.5) is 0 Å². The van der Waals surface area contributed by atoms with Gasteiger partial charge in [-0.1, -0.05) is 53.7 Å². The minimum Gasteiger partial charge on any atom is -0.347 e. The zero-order valence-electron chi connectivity index (χ0n) is 16.3. The van der Waals surface area contributed by atoms with Crippen molar-refractivity contribution in [1.29, 1.82) is 0 Å². The maximum atomic E-state index is 12.7. The van der Waals surface area contributed by atoms with Gasteiger partial charge >= 0.3 is 0 Å². The Morgan fingerprint density at radius 1 is 1.03 bits per heavy atom. The molecule has 30 heavy (non-hydrogen) atoms. The predicted octanol–water partition coefficient (Wildman–Crippen LogP) is 2.45. The summed E-state index contributed by atoms with van der Waals surface area (Å²) in [5, 5.41) is 6.75. The highest BCUT2D eigenvalue weighted by atomic mass is 32.2. The Hall–Kier alpha value is -3.04. The Bertz CT molecular complexity index is 1090. The fourth-order valence-corrected chi connectivity index (χ4v) is 4.93. The Morgan fingerprint density at radius 3 is 2.33 bits per heavy atom. The van der Waals surface area contributed by atoms with Crippen LogP contribution in [0.3, 0.4) is 0 Å². The molecule has 0 unspecified atom stereocenters. The number of hydrogen-bond acceptors (Lipinski definition) is 6. The molecule has 2 heterocycles. The van der Waals surface area contributed by atoms with E-state index in [1.54, 1.807) is 30.3 Å². The molecule has 0 atom stereocenters. The molecular formula is C21H22N4O4S. The van der Waals surface area contributed by atoms with Gasteiger partial charge in [0.1, 0.15) is 0 Å². The zero-order valence-corrected chi connectivity index (χ0v) is 17.1. The molecule has 156 valence electrons. The highest BCUT2D eigenvalue weighted by Gasteiger charge is 2.32. The smallest absolute Gasteiger partial charge is 0.246 e. The maximum Gasteiger partial charge on any atom is 0.246 e. The van der Waals surface area contributed by atoms with Crippen LogP contribution in [-0.2, 0) is 21.4 Å². The summed E-state index contributed by atoms with van der Waals surface area (Å²) in [6, 6.07) is 17.8. The summed E-state index contributed by atoms with van der Waals surface area (Å²) >= 11 is 0. The second kappa shape index (κ2) is 8.76. The van der Waals surface area contributed by atoms with Gasteiger partial charge in [-0.15, -0.1) is 0 Å². The number of benzene rings is 2. The first-order valence-corrected chi connectivity index (χ1v) is 11.2. The van der Waals surface area contributed by atoms with Gasteiger partial charge in [0, 0.05) is 24.6 Å². The SMILES string of the molecule is O=C(NCc1nc(-c2ccccc2)no1)C1CCN(S(=O)(=O)c2ccccc2)CC1. The van der Waals surface area contributed by atoms with Gasteiger partial charge in [-0.3, -0.25) is 4.79 Å². The van der Waals surface area contributed by atoms with E-state index in [2.05, 4.69) is 15.5 Å². The first-order valence-electron chi connectivity index (χ1n) is 9.75. The van der Waals surface area contributed by atoms with Gasteiger partial charge in [0.05, 0.1) is 11.4 Å². The van der Waals surface area contributed by atoms with Gasteiger partial charge in [-0.05, 0) is 25.0 Å². The molecular weight excluding hydrogens is 404 g/mol. The molecule has 1 aliphatic rings. The lowest BCUT2D eigenvalue weighted by Gasteiger charge is -2.30. The number of nitrogens with zero attached hydrogens (tertiary/aromatic N) is 3. The summed E-state index contributed by atoms with van der Waals surface area (Å²) in [5.41, 5.74) is 0.839. The maximum absolute atomic E-state index is 12.7. The van der Waals surface area contributed by atoms with E-state index in [4.69, 9.17) is 4.52 Å². The highest BCUT2D eigenvalue weighted by molar-refractivity contribution is 7.89. The summed E-state index contributed by atoms with van der Waals surface area (Å²) in [7, 11) is -3.52. The summed E-state index contributed by atoms with van der Waals surface area (Å²) in [6.07, 6.45) is 0.938. The molecule has 4 rings (SSSR count). The number of piperidine rings is 1. The average molecular weight is 426 g/mol. The van der Waals surface area contributed by atoms with Crippen molar-refractivity contribution in [1.82, 2.24) is 19.8 Å². The molecule has 1 N–H and O–H groups in total. The molecule has 1 amide bonds. The van der Waals surface area contributed by atoms with Crippen molar-refractivity contribution in [3.63, 3.8) is 0 Å². The van der Waals surface area contributed by atoms with Crippen molar-refractivity contribution in [2.45, 2.75) is 24.3 Å². The van der Waals surface area contributed by atoms with E-state index >= 15 is 0 Å². The normalized spacial score (nSPS) is 15.7. The van der Waals surface area contributed by atoms with Crippen LogP contribution in [0.2, 0.25) is 0 Å². The monoisotopic (exact) mass is 426 g/mol. The zero-order chi connectivity index (χ0) is 21.0. The van der Waals surface area contributed by atoms with E-state index in [1.165, 1.54) is 4.31 Å². The lowest BCUT2D eigenvalue weighted by Crippen LogP contribution is -2.42. The van der Waals surface area contributed by atoms with Crippen LogP contribution in [-0.4, -0.2) is 41.9 Å². The topological polar surface area (TPSA) is 105 Å². The lowest BCUT2D eigenvalue weighted by atomic mass is 9.97. The van der Waals surface area contributed by atoms with Crippen LogP contribution in [0.1, 0.15) is 18.7 Å². The van der Waals surface area contributed by atoms with Crippen LogP contribution < -0.4 is 5.32 Å². The number of aromatic nitrogens is 2. The Kier molecular flexibility index (Phi) is 5.91. The summed E-state index contributed by atoms with van der Waals surface area (Å²) in [4.78, 5) is 17.1. The van der Waals surface area contributed by atoms with E-state index in [0.717, 1.165) is 5.56 Å². The number of nitrogens with one attached hydrogen (secondary N) is 1. The number of hydrogen-bond donors (Lipinski definition) is 1. The second-order valence-electron chi connectivity index (χ2n) is 7.09. The van der Waals surface area contributed by atoms with Crippen LogP contribution in [0, 0.1) is 5.92 Å². The number of carbonyl (C=O) groups is 1. The molecule has 8 nitrogen and oxygen atoms in total. The molecule has 1 fully saturated rings. The Labute approximate surface area is 175 Å². The quantitative estimate of drug-likeness (QED) is 0.649.